The summed E-state index contributed by atoms with van der Waals surface area (Å²) < 4.78 is 7.09. The third kappa shape index (κ3) is 1.84. The molecule has 19 heavy (non-hydrogen) atoms. The Morgan fingerprint density at radius 1 is 1.42 bits per heavy atom. The van der Waals surface area contributed by atoms with E-state index in [0.717, 1.165) is 0 Å². The van der Waals surface area contributed by atoms with Crippen molar-refractivity contribution in [3.8, 4) is 0 Å². The number of nitrogens with zero attached hydrogens (tertiary/aromatic N) is 4. The van der Waals surface area contributed by atoms with Crippen molar-refractivity contribution in [2.75, 3.05) is 12.3 Å². The Kier molecular flexibility index (Phi) is 3.02. The quantitative estimate of drug-likeness (QED) is 0.622. The van der Waals surface area contributed by atoms with Crippen molar-refractivity contribution in [1.29, 1.82) is 0 Å². The van der Waals surface area contributed by atoms with Gasteiger partial charge in [-0.3, -0.25) is 4.57 Å². The first-order valence-electron chi connectivity index (χ1n) is 5.65. The molecule has 2 aromatic heterocycles. The minimum atomic E-state index is -0.965. The van der Waals surface area contributed by atoms with Crippen LogP contribution in [0.5, 0.6) is 0 Å². The minimum Gasteiger partial charge on any atom is -0.394 e. The molecule has 0 radical (unpaired) electrons. The monoisotopic (exact) mass is 285 g/mol. The number of ether oxygens (including phenoxy) is 1. The number of hydrogen-bond acceptors (Lipinski definition) is 7. The lowest BCUT2D eigenvalue weighted by Gasteiger charge is -2.15. The Hall–Kier alpha value is -1.48. The molecule has 0 bridgehead atoms. The van der Waals surface area contributed by atoms with Crippen LogP contribution in [0.3, 0.4) is 0 Å². The topological polar surface area (TPSA) is 119 Å². The summed E-state index contributed by atoms with van der Waals surface area (Å²) in [6.07, 6.45) is 0.418. The number of halogens is 1. The van der Waals surface area contributed by atoms with Crippen molar-refractivity contribution in [3.05, 3.63) is 12.7 Å². The Morgan fingerprint density at radius 2 is 2.21 bits per heavy atom. The van der Waals surface area contributed by atoms with Gasteiger partial charge in [-0.05, 0) is 0 Å². The fourth-order valence-corrected chi connectivity index (χ4v) is 2.48. The third-order valence-corrected chi connectivity index (χ3v) is 3.61. The van der Waals surface area contributed by atoms with E-state index in [-0.39, 0.29) is 12.4 Å². The maximum Gasteiger partial charge on any atom is 0.167 e. The Morgan fingerprint density at radius 3 is 2.89 bits per heavy atom. The number of nitrogens with two attached hydrogens (primary N) is 1. The molecular weight excluding hydrogens is 274 g/mol. The molecule has 4 N–H and O–H groups in total. The SMILES string of the molecule is Nc1ncnc2c1ncn2[C@@H]1O[C@H](CO)[C@H](O)[C@H]1Cl. The van der Waals surface area contributed by atoms with Gasteiger partial charge in [-0.2, -0.15) is 0 Å². The number of alkyl halides is 1. The maximum absolute atomic E-state index is 9.85. The average Bonchev–Trinajstić information content (AvgIpc) is 2.94. The second-order valence-electron chi connectivity index (χ2n) is 4.27. The molecule has 0 saturated carbocycles. The highest BCUT2D eigenvalue weighted by molar-refractivity contribution is 6.21. The van der Waals surface area contributed by atoms with Crippen LogP contribution in [0.1, 0.15) is 6.23 Å². The molecule has 1 aliphatic rings. The Balaban J connectivity index is 2.04. The number of imidazole rings is 1. The lowest BCUT2D eigenvalue weighted by molar-refractivity contribution is -0.0431. The number of rotatable bonds is 2. The van der Waals surface area contributed by atoms with Crippen LogP contribution in [0.25, 0.3) is 11.2 Å². The van der Waals surface area contributed by atoms with Gasteiger partial charge in [0.15, 0.2) is 17.7 Å². The Labute approximate surface area is 112 Å². The number of aromatic nitrogens is 4. The van der Waals surface area contributed by atoms with E-state index in [1.807, 2.05) is 0 Å². The van der Waals surface area contributed by atoms with Gasteiger partial charge in [-0.25, -0.2) is 15.0 Å². The average molecular weight is 286 g/mol. The van der Waals surface area contributed by atoms with E-state index in [0.29, 0.717) is 11.2 Å². The van der Waals surface area contributed by atoms with Crippen LogP contribution in [0.15, 0.2) is 12.7 Å². The van der Waals surface area contributed by atoms with Crippen LogP contribution in [0.4, 0.5) is 5.82 Å². The van der Waals surface area contributed by atoms with E-state index >= 15 is 0 Å². The van der Waals surface area contributed by atoms with Crippen molar-refractivity contribution < 1.29 is 14.9 Å². The summed E-state index contributed by atoms with van der Waals surface area (Å²) >= 11 is 6.12. The van der Waals surface area contributed by atoms with E-state index in [2.05, 4.69) is 15.0 Å². The van der Waals surface area contributed by atoms with E-state index in [1.54, 1.807) is 4.57 Å². The maximum atomic E-state index is 9.85. The number of hydrogen-bond donors (Lipinski definition) is 3. The predicted molar refractivity (Wildman–Crippen MR) is 66.4 cm³/mol. The van der Waals surface area contributed by atoms with Gasteiger partial charge in [0.05, 0.1) is 12.9 Å². The first-order valence-corrected chi connectivity index (χ1v) is 6.08. The number of aliphatic hydroxyl groups excluding tert-OH is 2. The van der Waals surface area contributed by atoms with Crippen molar-refractivity contribution in [2.24, 2.45) is 0 Å². The number of fused-ring (bicyclic) bond motifs is 1. The van der Waals surface area contributed by atoms with Crippen LogP contribution < -0.4 is 5.73 Å². The summed E-state index contributed by atoms with van der Waals surface area (Å²) in [5.74, 6) is 0.257. The minimum absolute atomic E-state index is 0.257. The smallest absolute Gasteiger partial charge is 0.167 e. The molecule has 1 aliphatic heterocycles. The van der Waals surface area contributed by atoms with E-state index in [4.69, 9.17) is 27.2 Å². The molecule has 8 nitrogen and oxygen atoms in total. The number of nitrogen functional groups attached to an aromatic ring is 1. The molecule has 0 amide bonds. The standard InChI is InChI=1S/C10H12ClN5O3/c11-5-7(18)4(1-17)19-10(5)16-3-15-6-8(12)13-2-14-9(6)16/h2-5,7,10,17-18H,1H2,(H2,12,13,14)/t4-,5-,7+,10-/m1/s1. The van der Waals surface area contributed by atoms with Crippen LogP contribution in [0.2, 0.25) is 0 Å². The molecular formula is C10H12ClN5O3. The third-order valence-electron chi connectivity index (χ3n) is 3.13. The lowest BCUT2D eigenvalue weighted by Crippen LogP contribution is -2.29. The van der Waals surface area contributed by atoms with E-state index < -0.39 is 23.8 Å². The van der Waals surface area contributed by atoms with Crippen LogP contribution in [0, 0.1) is 0 Å². The van der Waals surface area contributed by atoms with Crippen molar-refractivity contribution >= 4 is 28.6 Å². The van der Waals surface area contributed by atoms with Gasteiger partial charge in [0, 0.05) is 0 Å². The van der Waals surface area contributed by atoms with Gasteiger partial charge < -0.3 is 20.7 Å². The fraction of sp³-hybridized carbons (Fsp3) is 0.500. The van der Waals surface area contributed by atoms with Gasteiger partial charge in [-0.1, -0.05) is 0 Å². The molecule has 4 atom stereocenters. The second-order valence-corrected chi connectivity index (χ2v) is 4.77. The highest BCUT2D eigenvalue weighted by Gasteiger charge is 2.43. The molecule has 0 aliphatic carbocycles. The van der Waals surface area contributed by atoms with Gasteiger partial charge in [-0.15, -0.1) is 11.6 Å². The summed E-state index contributed by atoms with van der Waals surface area (Å²) in [5.41, 5.74) is 6.60. The molecule has 0 aromatic carbocycles. The summed E-state index contributed by atoms with van der Waals surface area (Å²) in [4.78, 5) is 12.0. The zero-order chi connectivity index (χ0) is 13.6. The first kappa shape index (κ1) is 12.5. The predicted octanol–water partition coefficient (Wildman–Crippen LogP) is -0.734. The number of aliphatic hydroxyl groups is 2. The van der Waals surface area contributed by atoms with Gasteiger partial charge in [0.1, 0.15) is 29.4 Å². The fourth-order valence-electron chi connectivity index (χ4n) is 2.13. The normalized spacial score (nSPS) is 31.1. The zero-order valence-corrected chi connectivity index (χ0v) is 10.5. The van der Waals surface area contributed by atoms with Crippen LogP contribution >= 0.6 is 11.6 Å². The van der Waals surface area contributed by atoms with E-state index in [9.17, 15) is 5.11 Å². The van der Waals surface area contributed by atoms with Crippen LogP contribution in [-0.2, 0) is 4.74 Å². The Bertz CT molecular complexity index is 606. The molecule has 0 spiro atoms. The molecule has 1 saturated heterocycles. The van der Waals surface area contributed by atoms with Gasteiger partial charge >= 0.3 is 0 Å². The van der Waals surface area contributed by atoms with Crippen molar-refractivity contribution in [2.45, 2.75) is 23.8 Å². The molecule has 3 rings (SSSR count). The van der Waals surface area contributed by atoms with Gasteiger partial charge in [0.2, 0.25) is 0 Å². The van der Waals surface area contributed by atoms with Gasteiger partial charge in [0.25, 0.3) is 0 Å². The molecule has 0 unspecified atom stereocenters. The first-order chi connectivity index (χ1) is 9.13. The van der Waals surface area contributed by atoms with E-state index in [1.165, 1.54) is 12.7 Å². The van der Waals surface area contributed by atoms with Crippen LogP contribution in [-0.4, -0.2) is 53.9 Å². The summed E-state index contributed by atoms with van der Waals surface area (Å²) in [6.45, 7) is -0.315. The summed E-state index contributed by atoms with van der Waals surface area (Å²) in [6, 6.07) is 0. The summed E-state index contributed by atoms with van der Waals surface area (Å²) in [5, 5.41) is 18.2. The highest BCUT2D eigenvalue weighted by Crippen LogP contribution is 2.35. The highest BCUT2D eigenvalue weighted by atomic mass is 35.5. The summed E-state index contributed by atoms with van der Waals surface area (Å²) in [7, 11) is 0. The zero-order valence-electron chi connectivity index (χ0n) is 9.72. The molecule has 2 aromatic rings. The lowest BCUT2D eigenvalue weighted by atomic mass is 10.2. The van der Waals surface area contributed by atoms with Crippen molar-refractivity contribution in [1.82, 2.24) is 19.5 Å². The molecule has 1 fully saturated rings. The molecule has 102 valence electrons. The molecule has 3 heterocycles. The number of anilines is 1. The van der Waals surface area contributed by atoms with Crippen molar-refractivity contribution in [3.63, 3.8) is 0 Å². The molecule has 9 heteroatoms. The second kappa shape index (κ2) is 4.57. The largest absolute Gasteiger partial charge is 0.394 e.